The highest BCUT2D eigenvalue weighted by Crippen LogP contribution is 2.23. The summed E-state index contributed by atoms with van der Waals surface area (Å²) in [5.74, 6) is -0.531. The smallest absolute Gasteiger partial charge is 0.255 e. The van der Waals surface area contributed by atoms with Crippen molar-refractivity contribution in [3.63, 3.8) is 0 Å². The number of hydrogen-bond acceptors (Lipinski definition) is 4. The Hall–Kier alpha value is -1.77. The van der Waals surface area contributed by atoms with Crippen molar-refractivity contribution in [3.8, 4) is 0 Å². The molecule has 1 fully saturated rings. The van der Waals surface area contributed by atoms with Crippen LogP contribution in [0.4, 0.5) is 4.39 Å². The number of carbonyl (C=O) groups is 1. The van der Waals surface area contributed by atoms with E-state index in [9.17, 15) is 17.6 Å². The highest BCUT2D eigenvalue weighted by molar-refractivity contribution is 7.89. The van der Waals surface area contributed by atoms with Gasteiger partial charge in [-0.15, -0.1) is 11.3 Å². The molecule has 2 aromatic rings. The van der Waals surface area contributed by atoms with E-state index in [2.05, 4.69) is 0 Å². The number of amides is 1. The first-order chi connectivity index (χ1) is 11.8. The Kier molecular flexibility index (Phi) is 4.95. The Morgan fingerprint density at radius 1 is 1.08 bits per heavy atom. The van der Waals surface area contributed by atoms with Crippen molar-refractivity contribution in [1.82, 2.24) is 9.21 Å². The van der Waals surface area contributed by atoms with Crippen LogP contribution in [-0.4, -0.2) is 49.7 Å². The van der Waals surface area contributed by atoms with Crippen molar-refractivity contribution >= 4 is 27.3 Å². The van der Waals surface area contributed by atoms with Gasteiger partial charge in [-0.2, -0.15) is 4.31 Å². The number of carbonyl (C=O) groups excluding carboxylic acids is 1. The Morgan fingerprint density at radius 2 is 1.68 bits per heavy atom. The summed E-state index contributed by atoms with van der Waals surface area (Å²) in [6, 6.07) is 6.67. The van der Waals surface area contributed by atoms with Crippen molar-refractivity contribution in [2.24, 2.45) is 0 Å². The molecule has 3 rings (SSSR count). The molecule has 25 heavy (non-hydrogen) atoms. The summed E-state index contributed by atoms with van der Waals surface area (Å²) in [7, 11) is -3.67. The van der Waals surface area contributed by atoms with E-state index >= 15 is 0 Å². The lowest BCUT2D eigenvalue weighted by molar-refractivity contribution is 0.0697. The van der Waals surface area contributed by atoms with Gasteiger partial charge < -0.3 is 4.90 Å². The van der Waals surface area contributed by atoms with Gasteiger partial charge in [0.15, 0.2) is 0 Å². The predicted molar refractivity (Wildman–Crippen MR) is 94.9 cm³/mol. The quantitative estimate of drug-likeness (QED) is 0.820. The number of rotatable bonds is 3. The minimum absolute atomic E-state index is 0.0549. The summed E-state index contributed by atoms with van der Waals surface area (Å²) < 4.78 is 39.6. The van der Waals surface area contributed by atoms with Gasteiger partial charge >= 0.3 is 0 Å². The number of aryl methyl sites for hydroxylation is 2. The highest BCUT2D eigenvalue weighted by atomic mass is 32.2. The highest BCUT2D eigenvalue weighted by Gasteiger charge is 2.31. The van der Waals surface area contributed by atoms with Crippen LogP contribution < -0.4 is 0 Å². The second-order valence-electron chi connectivity index (χ2n) is 5.98. The van der Waals surface area contributed by atoms with Crippen LogP contribution in [-0.2, 0) is 10.0 Å². The molecule has 1 amide bonds. The Labute approximate surface area is 150 Å². The van der Waals surface area contributed by atoms with Crippen LogP contribution in [0.5, 0.6) is 0 Å². The van der Waals surface area contributed by atoms with Gasteiger partial charge in [-0.05, 0) is 44.2 Å². The molecule has 2 heterocycles. The number of piperazine rings is 1. The fraction of sp³-hybridized carbons (Fsp3) is 0.353. The molecule has 0 saturated carbocycles. The van der Waals surface area contributed by atoms with Crippen molar-refractivity contribution in [3.05, 3.63) is 51.5 Å². The van der Waals surface area contributed by atoms with Crippen LogP contribution in [0.25, 0.3) is 0 Å². The molecule has 0 atom stereocenters. The summed E-state index contributed by atoms with van der Waals surface area (Å²) in [4.78, 5) is 16.4. The molecular formula is C17H19FN2O3S2. The molecule has 134 valence electrons. The van der Waals surface area contributed by atoms with Crippen LogP contribution in [0.15, 0.2) is 35.2 Å². The number of sulfonamides is 1. The molecule has 0 spiro atoms. The van der Waals surface area contributed by atoms with Crippen molar-refractivity contribution in [2.45, 2.75) is 18.7 Å². The van der Waals surface area contributed by atoms with Gasteiger partial charge in [-0.25, -0.2) is 12.8 Å². The summed E-state index contributed by atoms with van der Waals surface area (Å²) in [6.45, 7) is 5.02. The number of hydrogen-bond donors (Lipinski definition) is 0. The molecule has 0 bridgehead atoms. The largest absolute Gasteiger partial charge is 0.336 e. The Balaban J connectivity index is 1.70. The lowest BCUT2D eigenvalue weighted by Gasteiger charge is -2.34. The van der Waals surface area contributed by atoms with Gasteiger partial charge in [0.05, 0.1) is 10.5 Å². The van der Waals surface area contributed by atoms with E-state index in [1.54, 1.807) is 16.2 Å². The average molecular weight is 382 g/mol. The van der Waals surface area contributed by atoms with E-state index in [0.29, 0.717) is 18.7 Å². The van der Waals surface area contributed by atoms with Crippen LogP contribution in [0, 0.1) is 19.7 Å². The third-order valence-electron chi connectivity index (χ3n) is 4.25. The van der Waals surface area contributed by atoms with Gasteiger partial charge in [0.2, 0.25) is 10.0 Å². The van der Waals surface area contributed by atoms with Crippen molar-refractivity contribution in [1.29, 1.82) is 0 Å². The fourth-order valence-corrected chi connectivity index (χ4v) is 5.24. The molecule has 1 aromatic carbocycles. The first-order valence-electron chi connectivity index (χ1n) is 7.91. The second kappa shape index (κ2) is 6.86. The molecular weight excluding hydrogens is 363 g/mol. The number of nitrogens with zero attached hydrogens (tertiary/aromatic N) is 2. The normalized spacial score (nSPS) is 16.2. The van der Waals surface area contributed by atoms with Gasteiger partial charge in [0, 0.05) is 35.9 Å². The Bertz CT molecular complexity index is 883. The standard InChI is InChI=1S/C17H19FN2O3S2/c1-12-11-16(13(2)24-12)17(21)19-7-9-20(10-8-19)25(22,23)15-5-3-14(18)4-6-15/h3-6,11H,7-10H2,1-2H3. The van der Waals surface area contributed by atoms with E-state index in [1.165, 1.54) is 16.4 Å². The average Bonchev–Trinajstić information content (AvgIpc) is 2.93. The summed E-state index contributed by atoms with van der Waals surface area (Å²) >= 11 is 1.58. The number of thiophene rings is 1. The maximum atomic E-state index is 13.0. The maximum Gasteiger partial charge on any atom is 0.255 e. The van der Waals surface area contributed by atoms with E-state index in [0.717, 1.165) is 21.9 Å². The monoisotopic (exact) mass is 382 g/mol. The third-order valence-corrected chi connectivity index (χ3v) is 7.13. The third kappa shape index (κ3) is 3.61. The molecule has 1 saturated heterocycles. The summed E-state index contributed by atoms with van der Waals surface area (Å²) in [5, 5.41) is 0. The van der Waals surface area contributed by atoms with Crippen LogP contribution >= 0.6 is 11.3 Å². The first-order valence-corrected chi connectivity index (χ1v) is 10.2. The lowest BCUT2D eigenvalue weighted by atomic mass is 10.2. The molecule has 0 unspecified atom stereocenters. The maximum absolute atomic E-state index is 13.0. The molecule has 8 heteroatoms. The molecule has 1 aliphatic heterocycles. The van der Waals surface area contributed by atoms with Crippen molar-refractivity contribution < 1.29 is 17.6 Å². The molecule has 0 aliphatic carbocycles. The molecule has 1 aliphatic rings. The zero-order chi connectivity index (χ0) is 18.2. The predicted octanol–water partition coefficient (Wildman–Crippen LogP) is 2.65. The zero-order valence-corrected chi connectivity index (χ0v) is 15.7. The van der Waals surface area contributed by atoms with Gasteiger partial charge in [-0.1, -0.05) is 0 Å². The van der Waals surface area contributed by atoms with Crippen LogP contribution in [0.1, 0.15) is 20.1 Å². The minimum atomic E-state index is -3.67. The second-order valence-corrected chi connectivity index (χ2v) is 9.38. The van der Waals surface area contributed by atoms with E-state index < -0.39 is 15.8 Å². The number of benzene rings is 1. The minimum Gasteiger partial charge on any atom is -0.336 e. The summed E-state index contributed by atoms with van der Waals surface area (Å²) in [6.07, 6.45) is 0. The zero-order valence-electron chi connectivity index (χ0n) is 14.0. The number of halogens is 1. The molecule has 1 aromatic heterocycles. The van der Waals surface area contributed by atoms with E-state index in [4.69, 9.17) is 0 Å². The molecule has 0 N–H and O–H groups in total. The lowest BCUT2D eigenvalue weighted by Crippen LogP contribution is -2.50. The fourth-order valence-electron chi connectivity index (χ4n) is 2.90. The summed E-state index contributed by atoms with van der Waals surface area (Å²) in [5.41, 5.74) is 0.692. The van der Waals surface area contributed by atoms with Crippen LogP contribution in [0.3, 0.4) is 0 Å². The topological polar surface area (TPSA) is 57.7 Å². The van der Waals surface area contributed by atoms with Gasteiger partial charge in [-0.3, -0.25) is 4.79 Å². The SMILES string of the molecule is Cc1cc(C(=O)N2CCN(S(=O)(=O)c3ccc(F)cc3)CC2)c(C)s1. The first kappa shape index (κ1) is 18.0. The van der Waals surface area contributed by atoms with E-state index in [1.807, 2.05) is 19.9 Å². The van der Waals surface area contributed by atoms with Gasteiger partial charge in [0.1, 0.15) is 5.82 Å². The van der Waals surface area contributed by atoms with E-state index in [-0.39, 0.29) is 23.9 Å². The molecule has 0 radical (unpaired) electrons. The van der Waals surface area contributed by atoms with Crippen LogP contribution in [0.2, 0.25) is 0 Å². The van der Waals surface area contributed by atoms with Crippen molar-refractivity contribution in [2.75, 3.05) is 26.2 Å². The molecule has 5 nitrogen and oxygen atoms in total. The Morgan fingerprint density at radius 3 is 2.20 bits per heavy atom. The van der Waals surface area contributed by atoms with Gasteiger partial charge in [0.25, 0.3) is 5.91 Å².